The second kappa shape index (κ2) is 7.73. The van der Waals surface area contributed by atoms with Gasteiger partial charge in [0.2, 0.25) is 7.37 Å². The molecule has 0 amide bonds. The van der Waals surface area contributed by atoms with Crippen molar-refractivity contribution < 1.29 is 9.46 Å². The Morgan fingerprint density at radius 3 is 2.61 bits per heavy atom. The van der Waals surface area contributed by atoms with E-state index in [9.17, 15) is 9.46 Å². The number of hydrogen-bond acceptors (Lipinski definition) is 2. The van der Waals surface area contributed by atoms with Gasteiger partial charge in [-0.2, -0.15) is 0 Å². The Kier molecular flexibility index (Phi) is 6.62. The van der Waals surface area contributed by atoms with Crippen LogP contribution in [0.5, 0.6) is 0 Å². The second-order valence-electron chi connectivity index (χ2n) is 4.99. The lowest BCUT2D eigenvalue weighted by Crippen LogP contribution is -2.17. The highest BCUT2D eigenvalue weighted by Gasteiger charge is 2.20. The molecule has 102 valence electrons. The zero-order chi connectivity index (χ0) is 13.4. The van der Waals surface area contributed by atoms with E-state index in [0.29, 0.717) is 18.6 Å². The summed E-state index contributed by atoms with van der Waals surface area (Å²) >= 11 is 0. The van der Waals surface area contributed by atoms with Gasteiger partial charge in [0.1, 0.15) is 0 Å². The van der Waals surface area contributed by atoms with Crippen molar-refractivity contribution in [1.29, 1.82) is 0 Å². The minimum absolute atomic E-state index is 0.204. The fourth-order valence-corrected chi connectivity index (χ4v) is 3.85. The minimum Gasteiger partial charge on any atom is -0.343 e. The molecule has 1 aromatic carbocycles. The SMILES string of the molecule is CCCC(C)CP(=O)(O)CNCc1ccccc1. The molecular weight excluding hydrogens is 245 g/mol. The summed E-state index contributed by atoms with van der Waals surface area (Å²) < 4.78 is 12.0. The Morgan fingerprint density at radius 2 is 2.00 bits per heavy atom. The molecule has 1 rings (SSSR count). The molecule has 0 aliphatic carbocycles. The number of benzene rings is 1. The zero-order valence-corrected chi connectivity index (χ0v) is 12.2. The van der Waals surface area contributed by atoms with Crippen LogP contribution in [0.15, 0.2) is 30.3 Å². The summed E-state index contributed by atoms with van der Waals surface area (Å²) in [5.74, 6) is 0.323. The molecule has 3 nitrogen and oxygen atoms in total. The normalized spacial score (nSPS) is 16.2. The van der Waals surface area contributed by atoms with Crippen LogP contribution >= 0.6 is 7.37 Å². The van der Waals surface area contributed by atoms with Crippen LogP contribution in [-0.4, -0.2) is 17.3 Å². The van der Waals surface area contributed by atoms with Crippen molar-refractivity contribution in [2.45, 2.75) is 33.2 Å². The van der Waals surface area contributed by atoms with Crippen molar-refractivity contribution in [1.82, 2.24) is 5.32 Å². The van der Waals surface area contributed by atoms with Crippen LogP contribution in [0.2, 0.25) is 0 Å². The minimum atomic E-state index is -3.03. The van der Waals surface area contributed by atoms with Gasteiger partial charge in [0.25, 0.3) is 0 Å². The van der Waals surface area contributed by atoms with Crippen molar-refractivity contribution >= 4 is 7.37 Å². The maximum Gasteiger partial charge on any atom is 0.214 e. The van der Waals surface area contributed by atoms with E-state index in [4.69, 9.17) is 0 Å². The van der Waals surface area contributed by atoms with Gasteiger partial charge in [-0.3, -0.25) is 4.57 Å². The second-order valence-corrected chi connectivity index (χ2v) is 7.37. The first kappa shape index (κ1) is 15.4. The average Bonchev–Trinajstić information content (AvgIpc) is 2.29. The van der Waals surface area contributed by atoms with Gasteiger partial charge in [-0.05, 0) is 11.5 Å². The summed E-state index contributed by atoms with van der Waals surface area (Å²) in [4.78, 5) is 9.88. The highest BCUT2D eigenvalue weighted by molar-refractivity contribution is 7.57. The molecule has 2 unspecified atom stereocenters. The molecule has 0 saturated heterocycles. The monoisotopic (exact) mass is 269 g/mol. The maximum absolute atomic E-state index is 12.0. The van der Waals surface area contributed by atoms with Gasteiger partial charge in [0.05, 0.1) is 6.29 Å². The van der Waals surface area contributed by atoms with E-state index in [2.05, 4.69) is 12.2 Å². The van der Waals surface area contributed by atoms with E-state index in [0.717, 1.165) is 18.4 Å². The predicted octanol–water partition coefficient (Wildman–Crippen LogP) is 3.44. The van der Waals surface area contributed by atoms with Gasteiger partial charge >= 0.3 is 0 Å². The molecule has 0 aliphatic rings. The van der Waals surface area contributed by atoms with Crippen LogP contribution < -0.4 is 5.32 Å². The Morgan fingerprint density at radius 1 is 1.33 bits per heavy atom. The van der Waals surface area contributed by atoms with Crippen LogP contribution in [0.1, 0.15) is 32.3 Å². The first-order valence-electron chi connectivity index (χ1n) is 6.59. The molecule has 0 aromatic heterocycles. The maximum atomic E-state index is 12.0. The summed E-state index contributed by atoms with van der Waals surface area (Å²) in [6.07, 6.45) is 2.71. The first-order chi connectivity index (χ1) is 8.53. The number of hydrogen-bond donors (Lipinski definition) is 2. The quantitative estimate of drug-likeness (QED) is 0.711. The predicted molar refractivity (Wildman–Crippen MR) is 76.9 cm³/mol. The van der Waals surface area contributed by atoms with E-state index in [-0.39, 0.29) is 6.29 Å². The molecule has 0 spiro atoms. The Hall–Kier alpha value is -0.630. The molecular formula is C14H24NO2P. The van der Waals surface area contributed by atoms with Crippen molar-refractivity contribution in [3.8, 4) is 0 Å². The van der Waals surface area contributed by atoms with Crippen molar-refractivity contribution in [2.75, 3.05) is 12.4 Å². The van der Waals surface area contributed by atoms with Gasteiger partial charge < -0.3 is 10.2 Å². The van der Waals surface area contributed by atoms with Crippen LogP contribution in [0.3, 0.4) is 0 Å². The lowest BCUT2D eigenvalue weighted by Gasteiger charge is -2.17. The van der Waals surface area contributed by atoms with Gasteiger partial charge in [0.15, 0.2) is 0 Å². The van der Waals surface area contributed by atoms with E-state index in [1.54, 1.807) is 0 Å². The molecule has 2 N–H and O–H groups in total. The lowest BCUT2D eigenvalue weighted by molar-refractivity contribution is 0.452. The fourth-order valence-electron chi connectivity index (χ4n) is 2.11. The third-order valence-electron chi connectivity index (χ3n) is 2.91. The molecule has 0 bridgehead atoms. The van der Waals surface area contributed by atoms with E-state index < -0.39 is 7.37 Å². The molecule has 0 aliphatic heterocycles. The molecule has 18 heavy (non-hydrogen) atoms. The highest BCUT2D eigenvalue weighted by atomic mass is 31.2. The van der Waals surface area contributed by atoms with Crippen LogP contribution in [-0.2, 0) is 11.1 Å². The third-order valence-corrected chi connectivity index (χ3v) is 4.82. The topological polar surface area (TPSA) is 49.3 Å². The van der Waals surface area contributed by atoms with Crippen molar-refractivity contribution in [3.63, 3.8) is 0 Å². The van der Waals surface area contributed by atoms with Gasteiger partial charge in [-0.1, -0.05) is 57.0 Å². The van der Waals surface area contributed by atoms with E-state index in [1.165, 1.54) is 0 Å². The van der Waals surface area contributed by atoms with E-state index >= 15 is 0 Å². The largest absolute Gasteiger partial charge is 0.343 e. The van der Waals surface area contributed by atoms with Crippen molar-refractivity contribution in [2.24, 2.45) is 5.92 Å². The van der Waals surface area contributed by atoms with Crippen LogP contribution in [0, 0.1) is 5.92 Å². The van der Waals surface area contributed by atoms with Crippen LogP contribution in [0.25, 0.3) is 0 Å². The van der Waals surface area contributed by atoms with Crippen molar-refractivity contribution in [3.05, 3.63) is 35.9 Å². The molecule has 0 radical (unpaired) electrons. The summed E-state index contributed by atoms with van der Waals surface area (Å²) in [5, 5.41) is 3.08. The number of nitrogens with one attached hydrogen (secondary N) is 1. The summed E-state index contributed by atoms with van der Waals surface area (Å²) in [7, 11) is -3.03. The Balaban J connectivity index is 2.31. The third kappa shape index (κ3) is 6.34. The summed E-state index contributed by atoms with van der Waals surface area (Å²) in [6.45, 7) is 4.80. The molecule has 2 atom stereocenters. The molecule has 0 saturated carbocycles. The van der Waals surface area contributed by atoms with Gasteiger partial charge in [-0.15, -0.1) is 0 Å². The molecule has 4 heteroatoms. The molecule has 0 heterocycles. The van der Waals surface area contributed by atoms with Gasteiger partial charge in [0, 0.05) is 12.7 Å². The smallest absolute Gasteiger partial charge is 0.214 e. The fraction of sp³-hybridized carbons (Fsp3) is 0.571. The first-order valence-corrected chi connectivity index (χ1v) is 8.62. The Labute approximate surface area is 110 Å². The Bertz CT molecular complexity index is 381. The summed E-state index contributed by atoms with van der Waals surface area (Å²) in [6, 6.07) is 9.93. The van der Waals surface area contributed by atoms with E-state index in [1.807, 2.05) is 37.3 Å². The molecule has 0 fully saturated rings. The zero-order valence-electron chi connectivity index (χ0n) is 11.3. The lowest BCUT2D eigenvalue weighted by atomic mass is 10.1. The van der Waals surface area contributed by atoms with Crippen LogP contribution in [0.4, 0.5) is 0 Å². The van der Waals surface area contributed by atoms with Gasteiger partial charge in [-0.25, -0.2) is 0 Å². The molecule has 1 aromatic rings. The highest BCUT2D eigenvalue weighted by Crippen LogP contribution is 2.41. The summed E-state index contributed by atoms with van der Waals surface area (Å²) in [5.41, 5.74) is 1.14. The number of rotatable bonds is 8. The average molecular weight is 269 g/mol. The standard InChI is InChI=1S/C14H24NO2P/c1-3-7-13(2)11-18(16,17)12-15-10-14-8-5-4-6-9-14/h4-6,8-9,13,15H,3,7,10-12H2,1-2H3,(H,16,17).